The van der Waals surface area contributed by atoms with Gasteiger partial charge in [0.15, 0.2) is 0 Å². The highest BCUT2D eigenvalue weighted by Gasteiger charge is 2.42. The van der Waals surface area contributed by atoms with Gasteiger partial charge in [-0.15, -0.1) is 0 Å². The van der Waals surface area contributed by atoms with Crippen molar-refractivity contribution < 1.29 is 9.59 Å². The molecule has 1 aromatic heterocycles. The molecule has 0 N–H and O–H groups in total. The minimum absolute atomic E-state index is 0.00222. The van der Waals surface area contributed by atoms with E-state index in [1.807, 2.05) is 12.3 Å². The van der Waals surface area contributed by atoms with Crippen LogP contribution in [0.15, 0.2) is 48.8 Å². The second-order valence-corrected chi connectivity index (χ2v) is 5.98. The molecule has 1 aliphatic heterocycles. The molecule has 110 valence electrons. The third-order valence-corrected chi connectivity index (χ3v) is 4.75. The van der Waals surface area contributed by atoms with Crippen LogP contribution in [-0.4, -0.2) is 27.7 Å². The molecule has 0 unspecified atom stereocenters. The highest BCUT2D eigenvalue weighted by molar-refractivity contribution is 6.21. The summed E-state index contributed by atoms with van der Waals surface area (Å²) >= 11 is 0. The van der Waals surface area contributed by atoms with Gasteiger partial charge in [-0.25, -0.2) is 0 Å². The number of benzene rings is 1. The number of amides is 2. The number of pyridine rings is 1. The number of imide groups is 1. The van der Waals surface area contributed by atoms with Crippen LogP contribution in [-0.2, 0) is 0 Å². The van der Waals surface area contributed by atoms with E-state index in [2.05, 4.69) is 11.1 Å². The van der Waals surface area contributed by atoms with E-state index in [0.717, 1.165) is 19.3 Å². The van der Waals surface area contributed by atoms with Crippen molar-refractivity contribution in [3.8, 4) is 0 Å². The number of hydrogen-bond donors (Lipinski definition) is 0. The summed E-state index contributed by atoms with van der Waals surface area (Å²) in [6.45, 7) is 0. The average molecular weight is 292 g/mol. The van der Waals surface area contributed by atoms with Gasteiger partial charge in [0.05, 0.1) is 11.1 Å². The van der Waals surface area contributed by atoms with Gasteiger partial charge in [-0.3, -0.25) is 19.5 Å². The predicted octanol–water partition coefficient (Wildman–Crippen LogP) is 3.01. The van der Waals surface area contributed by atoms with E-state index in [4.69, 9.17) is 0 Å². The Balaban J connectivity index is 1.58. The zero-order valence-electron chi connectivity index (χ0n) is 12.1. The van der Waals surface area contributed by atoms with Gasteiger partial charge < -0.3 is 0 Å². The van der Waals surface area contributed by atoms with E-state index < -0.39 is 0 Å². The molecule has 0 spiro atoms. The summed E-state index contributed by atoms with van der Waals surface area (Å²) in [5.41, 5.74) is 2.27. The molecule has 0 bridgehead atoms. The van der Waals surface area contributed by atoms with Crippen LogP contribution in [0.3, 0.4) is 0 Å². The maximum absolute atomic E-state index is 12.5. The number of fused-ring (bicyclic) bond motifs is 1. The van der Waals surface area contributed by atoms with Crippen LogP contribution >= 0.6 is 0 Å². The van der Waals surface area contributed by atoms with E-state index in [0.29, 0.717) is 17.0 Å². The van der Waals surface area contributed by atoms with Gasteiger partial charge in [-0.1, -0.05) is 18.2 Å². The molecular formula is C18H16N2O2. The minimum atomic E-state index is -0.141. The van der Waals surface area contributed by atoms with Gasteiger partial charge in [0.1, 0.15) is 0 Å². The van der Waals surface area contributed by atoms with E-state index >= 15 is 0 Å². The molecule has 22 heavy (non-hydrogen) atoms. The first kappa shape index (κ1) is 13.2. The Kier molecular flexibility index (Phi) is 3.03. The maximum atomic E-state index is 12.5. The fourth-order valence-electron chi connectivity index (χ4n) is 3.65. The highest BCUT2D eigenvalue weighted by atomic mass is 16.2. The Bertz CT molecular complexity index is 707. The van der Waals surface area contributed by atoms with Crippen molar-refractivity contribution in [1.82, 2.24) is 9.88 Å². The standard InChI is InChI=1S/C18H16N2O2/c21-17-15-5-1-2-6-16(15)18(22)20(17)14-8-7-12(10-14)13-4-3-9-19-11-13/h1-6,9,11-12,14H,7-8,10H2/t12-,14-/m1/s1. The summed E-state index contributed by atoms with van der Waals surface area (Å²) < 4.78 is 0. The van der Waals surface area contributed by atoms with Crippen LogP contribution < -0.4 is 0 Å². The molecule has 4 nitrogen and oxygen atoms in total. The van der Waals surface area contributed by atoms with Crippen LogP contribution in [0, 0.1) is 0 Å². The number of carbonyl (C=O) groups excluding carboxylic acids is 2. The lowest BCUT2D eigenvalue weighted by atomic mass is 9.99. The quantitative estimate of drug-likeness (QED) is 0.799. The largest absolute Gasteiger partial charge is 0.271 e. The van der Waals surface area contributed by atoms with Gasteiger partial charge in [0.2, 0.25) is 0 Å². The van der Waals surface area contributed by atoms with Crippen LogP contribution in [0.1, 0.15) is 51.5 Å². The van der Waals surface area contributed by atoms with Gasteiger partial charge in [-0.2, -0.15) is 0 Å². The SMILES string of the molecule is O=C1c2ccccc2C(=O)N1[C@@H]1CC[C@@H](c2cccnc2)C1. The fourth-order valence-corrected chi connectivity index (χ4v) is 3.65. The lowest BCUT2D eigenvalue weighted by Gasteiger charge is -2.22. The molecule has 1 aromatic carbocycles. The maximum Gasteiger partial charge on any atom is 0.261 e. The Morgan fingerprint density at radius 1 is 0.955 bits per heavy atom. The normalized spacial score (nSPS) is 23.9. The van der Waals surface area contributed by atoms with Gasteiger partial charge in [0.25, 0.3) is 11.8 Å². The molecule has 1 fully saturated rings. The van der Waals surface area contributed by atoms with Crippen molar-refractivity contribution in [2.24, 2.45) is 0 Å². The summed E-state index contributed by atoms with van der Waals surface area (Å²) in [4.78, 5) is 30.7. The fraction of sp³-hybridized carbons (Fsp3) is 0.278. The summed E-state index contributed by atoms with van der Waals surface area (Å²) in [5.74, 6) is 0.0953. The first-order valence-corrected chi connectivity index (χ1v) is 7.62. The van der Waals surface area contributed by atoms with Crippen molar-refractivity contribution in [3.63, 3.8) is 0 Å². The van der Waals surface area contributed by atoms with Crippen LogP contribution in [0.2, 0.25) is 0 Å². The van der Waals surface area contributed by atoms with Crippen molar-refractivity contribution in [3.05, 3.63) is 65.5 Å². The third kappa shape index (κ3) is 1.95. The van der Waals surface area contributed by atoms with Crippen molar-refractivity contribution in [1.29, 1.82) is 0 Å². The van der Waals surface area contributed by atoms with Crippen molar-refractivity contribution in [2.75, 3.05) is 0 Å². The average Bonchev–Trinajstić information content (AvgIpc) is 3.13. The second kappa shape index (κ2) is 5.05. The first-order chi connectivity index (χ1) is 10.8. The molecule has 0 radical (unpaired) electrons. The van der Waals surface area contributed by atoms with Crippen LogP contribution in [0.5, 0.6) is 0 Å². The molecular weight excluding hydrogens is 276 g/mol. The Morgan fingerprint density at radius 2 is 1.68 bits per heavy atom. The predicted molar refractivity (Wildman–Crippen MR) is 81.6 cm³/mol. The number of aromatic nitrogens is 1. The lowest BCUT2D eigenvalue weighted by Crippen LogP contribution is -2.38. The van der Waals surface area contributed by atoms with E-state index in [-0.39, 0.29) is 17.9 Å². The lowest BCUT2D eigenvalue weighted by molar-refractivity contribution is 0.0586. The zero-order chi connectivity index (χ0) is 15.1. The van der Waals surface area contributed by atoms with E-state index in [9.17, 15) is 9.59 Å². The third-order valence-electron chi connectivity index (χ3n) is 4.75. The number of nitrogens with zero attached hydrogens (tertiary/aromatic N) is 2. The Labute approximate surface area is 128 Å². The van der Waals surface area contributed by atoms with Crippen molar-refractivity contribution in [2.45, 2.75) is 31.2 Å². The van der Waals surface area contributed by atoms with E-state index in [1.165, 1.54) is 10.5 Å². The number of rotatable bonds is 2. The number of carbonyl (C=O) groups is 2. The molecule has 2 atom stereocenters. The molecule has 1 saturated carbocycles. The molecule has 2 amide bonds. The Hall–Kier alpha value is -2.49. The summed E-state index contributed by atoms with van der Waals surface area (Å²) in [6.07, 6.45) is 6.33. The topological polar surface area (TPSA) is 50.3 Å². The van der Waals surface area contributed by atoms with Gasteiger partial charge in [-0.05, 0) is 48.9 Å². The first-order valence-electron chi connectivity index (χ1n) is 7.62. The molecule has 0 saturated heterocycles. The van der Waals surface area contributed by atoms with Gasteiger partial charge >= 0.3 is 0 Å². The second-order valence-electron chi connectivity index (χ2n) is 5.98. The molecule has 2 heterocycles. The number of hydrogen-bond acceptors (Lipinski definition) is 3. The molecule has 2 aromatic rings. The molecule has 1 aliphatic carbocycles. The minimum Gasteiger partial charge on any atom is -0.271 e. The summed E-state index contributed by atoms with van der Waals surface area (Å²) in [7, 11) is 0. The smallest absolute Gasteiger partial charge is 0.261 e. The molecule has 2 aliphatic rings. The van der Waals surface area contributed by atoms with Crippen LogP contribution in [0.25, 0.3) is 0 Å². The van der Waals surface area contributed by atoms with Crippen LogP contribution in [0.4, 0.5) is 0 Å². The summed E-state index contributed by atoms with van der Waals surface area (Å²) in [6, 6.07) is 11.1. The summed E-state index contributed by atoms with van der Waals surface area (Å²) in [5, 5.41) is 0. The van der Waals surface area contributed by atoms with E-state index in [1.54, 1.807) is 30.5 Å². The Morgan fingerprint density at radius 3 is 2.32 bits per heavy atom. The molecule has 4 heteroatoms. The molecule has 4 rings (SSSR count). The zero-order valence-corrected chi connectivity index (χ0v) is 12.1. The van der Waals surface area contributed by atoms with Crippen molar-refractivity contribution >= 4 is 11.8 Å². The monoisotopic (exact) mass is 292 g/mol. The van der Waals surface area contributed by atoms with Gasteiger partial charge in [0, 0.05) is 18.4 Å². The highest BCUT2D eigenvalue weighted by Crippen LogP contribution is 2.39.